The van der Waals surface area contributed by atoms with Crippen LogP contribution < -0.4 is 10.6 Å². The molecule has 0 spiro atoms. The molecule has 3 nitrogen and oxygen atoms in total. The molecule has 1 aromatic carbocycles. The molecule has 1 aromatic rings. The van der Waals surface area contributed by atoms with Crippen molar-refractivity contribution in [3.8, 4) is 0 Å². The largest absolute Gasteiger partial charge is 0.377 e. The van der Waals surface area contributed by atoms with Gasteiger partial charge in [0, 0.05) is 29.8 Å². The number of halogens is 1. The maximum atomic E-state index is 6.01. The van der Waals surface area contributed by atoms with Gasteiger partial charge < -0.3 is 15.4 Å². The predicted molar refractivity (Wildman–Crippen MR) is 81.1 cm³/mol. The average Bonchev–Trinajstić information content (AvgIpc) is 2.27. The first-order valence-electron chi connectivity index (χ1n) is 6.29. The molecule has 4 heteroatoms. The van der Waals surface area contributed by atoms with E-state index in [-0.39, 0.29) is 12.1 Å². The smallest absolute Gasteiger partial charge is 0.0644 e. The summed E-state index contributed by atoms with van der Waals surface area (Å²) in [6.07, 6.45) is 0.272. The van der Waals surface area contributed by atoms with Crippen LogP contribution in [0, 0.1) is 0 Å². The molecular formula is C14H23BrN2O. The Labute approximate surface area is 118 Å². The third kappa shape index (κ3) is 4.59. The molecule has 0 aromatic heterocycles. The molecule has 1 atom stereocenters. The number of likely N-dealkylation sites (N-methyl/N-ethyl adjacent to an activating group) is 1. The van der Waals surface area contributed by atoms with E-state index >= 15 is 0 Å². The maximum Gasteiger partial charge on any atom is 0.0644 e. The lowest BCUT2D eigenvalue weighted by Gasteiger charge is -2.24. The van der Waals surface area contributed by atoms with Gasteiger partial charge in [0.05, 0.1) is 12.7 Å². The molecule has 18 heavy (non-hydrogen) atoms. The molecule has 0 saturated carbocycles. The Morgan fingerprint density at radius 3 is 2.56 bits per heavy atom. The van der Waals surface area contributed by atoms with Crippen molar-refractivity contribution in [1.29, 1.82) is 0 Å². The average molecular weight is 315 g/mol. The van der Waals surface area contributed by atoms with Crippen LogP contribution in [0.15, 0.2) is 22.7 Å². The molecule has 0 heterocycles. The van der Waals surface area contributed by atoms with Gasteiger partial charge in [-0.3, -0.25) is 0 Å². The Balaban J connectivity index is 2.77. The normalized spacial score (nSPS) is 12.8. The molecule has 0 aliphatic carbocycles. The summed E-state index contributed by atoms with van der Waals surface area (Å²) in [5, 5.41) is 0. The van der Waals surface area contributed by atoms with Gasteiger partial charge in [-0.15, -0.1) is 0 Å². The van der Waals surface area contributed by atoms with E-state index in [4.69, 9.17) is 10.5 Å². The van der Waals surface area contributed by atoms with Crippen molar-refractivity contribution in [2.24, 2.45) is 5.73 Å². The van der Waals surface area contributed by atoms with Crippen molar-refractivity contribution in [2.75, 3.05) is 25.1 Å². The highest BCUT2D eigenvalue weighted by molar-refractivity contribution is 9.10. The minimum Gasteiger partial charge on any atom is -0.377 e. The first-order chi connectivity index (χ1) is 8.41. The molecule has 0 saturated heterocycles. The van der Waals surface area contributed by atoms with E-state index in [1.54, 1.807) is 0 Å². The summed E-state index contributed by atoms with van der Waals surface area (Å²) in [7, 11) is 2.07. The molecule has 1 unspecified atom stereocenters. The van der Waals surface area contributed by atoms with Crippen molar-refractivity contribution < 1.29 is 4.74 Å². The van der Waals surface area contributed by atoms with E-state index in [0.29, 0.717) is 0 Å². The van der Waals surface area contributed by atoms with Gasteiger partial charge in [0.1, 0.15) is 0 Å². The van der Waals surface area contributed by atoms with Gasteiger partial charge in [-0.2, -0.15) is 0 Å². The molecule has 2 N–H and O–H groups in total. The van der Waals surface area contributed by atoms with E-state index in [1.807, 2.05) is 26.8 Å². The Hall–Kier alpha value is -0.580. The van der Waals surface area contributed by atoms with Crippen LogP contribution in [0.3, 0.4) is 0 Å². The summed E-state index contributed by atoms with van der Waals surface area (Å²) in [4.78, 5) is 2.19. The lowest BCUT2D eigenvalue weighted by atomic mass is 10.1. The minimum atomic E-state index is 0.0292. The van der Waals surface area contributed by atoms with Gasteiger partial charge in [-0.05, 0) is 38.5 Å². The van der Waals surface area contributed by atoms with Crippen molar-refractivity contribution >= 4 is 21.6 Å². The van der Waals surface area contributed by atoms with Crippen LogP contribution >= 0.6 is 15.9 Å². The maximum absolute atomic E-state index is 6.01. The van der Waals surface area contributed by atoms with Crippen LogP contribution in [0.25, 0.3) is 0 Å². The zero-order valence-corrected chi connectivity index (χ0v) is 13.2. The van der Waals surface area contributed by atoms with Crippen molar-refractivity contribution in [2.45, 2.75) is 32.9 Å². The lowest BCUT2D eigenvalue weighted by molar-refractivity contribution is 0.0846. The van der Waals surface area contributed by atoms with E-state index in [1.165, 1.54) is 0 Å². The number of hydrogen-bond acceptors (Lipinski definition) is 3. The minimum absolute atomic E-state index is 0.0292. The summed E-state index contributed by atoms with van der Waals surface area (Å²) < 4.78 is 6.65. The fourth-order valence-corrected chi connectivity index (χ4v) is 2.13. The summed E-state index contributed by atoms with van der Waals surface area (Å²) in [6, 6.07) is 6.24. The van der Waals surface area contributed by atoms with Gasteiger partial charge in [-0.1, -0.05) is 22.0 Å². The second kappa shape index (κ2) is 7.12. The first-order valence-corrected chi connectivity index (χ1v) is 7.09. The highest BCUT2D eigenvalue weighted by Crippen LogP contribution is 2.28. The third-order valence-electron chi connectivity index (χ3n) is 2.77. The standard InChI is InChI=1S/C14H23BrN2O/c1-10(2)18-8-7-17(4)14-9-12(15)5-6-13(14)11(3)16/h5-6,9-11H,7-8,16H2,1-4H3. The number of benzene rings is 1. The van der Waals surface area contributed by atoms with Crippen LogP contribution in [-0.4, -0.2) is 26.3 Å². The quantitative estimate of drug-likeness (QED) is 0.875. The van der Waals surface area contributed by atoms with E-state index in [9.17, 15) is 0 Å². The van der Waals surface area contributed by atoms with Gasteiger partial charge >= 0.3 is 0 Å². The summed E-state index contributed by atoms with van der Waals surface area (Å²) in [5.41, 5.74) is 8.32. The van der Waals surface area contributed by atoms with Crippen LogP contribution in [0.4, 0.5) is 5.69 Å². The predicted octanol–water partition coefficient (Wildman–Crippen LogP) is 3.33. The number of rotatable bonds is 6. The highest BCUT2D eigenvalue weighted by Gasteiger charge is 2.11. The number of nitrogens with zero attached hydrogens (tertiary/aromatic N) is 1. The third-order valence-corrected chi connectivity index (χ3v) is 3.27. The monoisotopic (exact) mass is 314 g/mol. The fourth-order valence-electron chi connectivity index (χ4n) is 1.78. The van der Waals surface area contributed by atoms with Crippen LogP contribution in [-0.2, 0) is 4.74 Å². The van der Waals surface area contributed by atoms with Crippen molar-refractivity contribution in [3.05, 3.63) is 28.2 Å². The molecule has 0 aliphatic rings. The van der Waals surface area contributed by atoms with Crippen LogP contribution in [0.5, 0.6) is 0 Å². The molecule has 0 fully saturated rings. The van der Waals surface area contributed by atoms with Crippen molar-refractivity contribution in [1.82, 2.24) is 0 Å². The second-order valence-corrected chi connectivity index (χ2v) is 5.75. The van der Waals surface area contributed by atoms with Gasteiger partial charge in [-0.25, -0.2) is 0 Å². The van der Waals surface area contributed by atoms with E-state index in [2.05, 4.69) is 40.0 Å². The number of anilines is 1. The fraction of sp³-hybridized carbons (Fsp3) is 0.571. The number of nitrogens with two attached hydrogens (primary N) is 1. The molecule has 102 valence electrons. The molecular weight excluding hydrogens is 292 g/mol. The van der Waals surface area contributed by atoms with Gasteiger partial charge in [0.25, 0.3) is 0 Å². The van der Waals surface area contributed by atoms with E-state index < -0.39 is 0 Å². The Kier molecular flexibility index (Phi) is 6.12. The van der Waals surface area contributed by atoms with Gasteiger partial charge in [0.15, 0.2) is 0 Å². The Bertz CT molecular complexity index is 380. The molecule has 0 aliphatic heterocycles. The molecule has 0 radical (unpaired) electrons. The Morgan fingerprint density at radius 2 is 2.00 bits per heavy atom. The number of hydrogen-bond donors (Lipinski definition) is 1. The molecule has 0 amide bonds. The SMILES string of the molecule is CC(C)OCCN(C)c1cc(Br)ccc1C(C)N. The zero-order chi connectivity index (χ0) is 13.7. The van der Waals surface area contributed by atoms with Crippen molar-refractivity contribution in [3.63, 3.8) is 0 Å². The second-order valence-electron chi connectivity index (χ2n) is 4.83. The Morgan fingerprint density at radius 1 is 1.33 bits per heavy atom. The summed E-state index contributed by atoms with van der Waals surface area (Å²) in [5.74, 6) is 0. The molecule has 0 bridgehead atoms. The topological polar surface area (TPSA) is 38.5 Å². The van der Waals surface area contributed by atoms with Crippen LogP contribution in [0.2, 0.25) is 0 Å². The highest BCUT2D eigenvalue weighted by atomic mass is 79.9. The first kappa shape index (κ1) is 15.5. The summed E-state index contributed by atoms with van der Waals surface area (Å²) in [6.45, 7) is 7.68. The van der Waals surface area contributed by atoms with Gasteiger partial charge in [0.2, 0.25) is 0 Å². The zero-order valence-electron chi connectivity index (χ0n) is 11.6. The lowest BCUT2D eigenvalue weighted by Crippen LogP contribution is -2.26. The number of ether oxygens (including phenoxy) is 1. The molecule has 1 rings (SSSR count). The van der Waals surface area contributed by atoms with E-state index in [0.717, 1.165) is 28.9 Å². The van der Waals surface area contributed by atoms with Crippen LogP contribution in [0.1, 0.15) is 32.4 Å². The summed E-state index contributed by atoms with van der Waals surface area (Å²) >= 11 is 3.51.